The summed E-state index contributed by atoms with van der Waals surface area (Å²) in [5, 5.41) is 20.1. The number of aromatic carboxylic acids is 1. The van der Waals surface area contributed by atoms with E-state index in [2.05, 4.69) is 4.99 Å². The molecular formula is C26H19N3O8S. The fourth-order valence-corrected chi connectivity index (χ4v) is 5.94. The Labute approximate surface area is 219 Å². The first kappa shape index (κ1) is 24.9. The molecule has 3 heterocycles. The molecule has 2 aliphatic rings. The average Bonchev–Trinajstić information content (AvgIpc) is 3.40. The molecule has 3 aromatic rings. The number of aliphatic imine (C=N–C) groups is 1. The number of imide groups is 1. The molecule has 1 unspecified atom stereocenters. The van der Waals surface area contributed by atoms with Crippen LogP contribution >= 0.6 is 11.3 Å². The SMILES string of the molecule is O=C=NC1c2c(sc(OCc3ccccc3)c2C(=O)O)CN(C(=O)O)[C@H]1CN1C(=O)c2ccccc2C1=O. The number of rotatable bonds is 7. The van der Waals surface area contributed by atoms with Crippen LogP contribution in [0.15, 0.2) is 59.6 Å². The third kappa shape index (κ3) is 4.21. The molecule has 1 aromatic heterocycles. The lowest BCUT2D eigenvalue weighted by molar-refractivity contribution is 0.0529. The van der Waals surface area contributed by atoms with Crippen LogP contribution in [-0.4, -0.2) is 62.6 Å². The summed E-state index contributed by atoms with van der Waals surface area (Å²) in [5.41, 5.74) is 0.984. The number of isocyanates is 1. The summed E-state index contributed by atoms with van der Waals surface area (Å²) < 4.78 is 5.82. The van der Waals surface area contributed by atoms with Crippen molar-refractivity contribution in [2.24, 2.45) is 4.99 Å². The number of carbonyl (C=O) groups excluding carboxylic acids is 3. The summed E-state index contributed by atoms with van der Waals surface area (Å²) in [5.74, 6) is -2.59. The fourth-order valence-electron chi connectivity index (χ4n) is 4.77. The van der Waals surface area contributed by atoms with E-state index in [1.54, 1.807) is 36.4 Å². The van der Waals surface area contributed by atoms with Crippen LogP contribution in [0.4, 0.5) is 4.79 Å². The van der Waals surface area contributed by atoms with Crippen molar-refractivity contribution in [1.82, 2.24) is 9.80 Å². The standard InChI is InChI=1S/C26H19N3O8S/c30-13-27-21-17(10-29-22(31)15-8-4-5-9-16(15)23(29)32)28(26(35)36)11-18-19(21)20(24(33)34)25(38-18)37-12-14-6-2-1-3-7-14/h1-9,17,21H,10-12H2,(H,33,34)(H,35,36)/t17-,21?/m0/s1. The van der Waals surface area contributed by atoms with E-state index in [0.29, 0.717) is 4.88 Å². The summed E-state index contributed by atoms with van der Waals surface area (Å²) in [6.45, 7) is -0.630. The highest BCUT2D eigenvalue weighted by Crippen LogP contribution is 2.46. The largest absolute Gasteiger partial charge is 0.478 e. The first-order valence-corrected chi connectivity index (χ1v) is 12.2. The van der Waals surface area contributed by atoms with Crippen LogP contribution < -0.4 is 4.74 Å². The van der Waals surface area contributed by atoms with Crippen LogP contribution in [0.3, 0.4) is 0 Å². The molecule has 0 fully saturated rings. The molecule has 2 atom stereocenters. The Hall–Kier alpha value is -4.80. The quantitative estimate of drug-likeness (QED) is 0.265. The lowest BCUT2D eigenvalue weighted by atomic mass is 9.91. The molecule has 2 aliphatic heterocycles. The van der Waals surface area contributed by atoms with Gasteiger partial charge >= 0.3 is 12.1 Å². The third-order valence-corrected chi connectivity index (χ3v) is 7.58. The lowest BCUT2D eigenvalue weighted by Gasteiger charge is -2.38. The summed E-state index contributed by atoms with van der Waals surface area (Å²) in [4.78, 5) is 68.0. The van der Waals surface area contributed by atoms with Crippen LogP contribution in [0.1, 0.15) is 53.1 Å². The van der Waals surface area contributed by atoms with Crippen molar-refractivity contribution < 1.29 is 38.9 Å². The van der Waals surface area contributed by atoms with Gasteiger partial charge in [-0.25, -0.2) is 14.4 Å². The van der Waals surface area contributed by atoms with E-state index in [1.807, 2.05) is 6.07 Å². The fraction of sp³-hybridized carbons (Fsp3) is 0.192. The average molecular weight is 534 g/mol. The number of hydrogen-bond acceptors (Lipinski definition) is 8. The van der Waals surface area contributed by atoms with Gasteiger partial charge in [-0.1, -0.05) is 42.5 Å². The Bertz CT molecular complexity index is 1480. The minimum atomic E-state index is -1.39. The van der Waals surface area contributed by atoms with Crippen molar-refractivity contribution in [1.29, 1.82) is 0 Å². The maximum atomic E-state index is 13.0. The number of carboxylic acids is 1. The summed E-state index contributed by atoms with van der Waals surface area (Å²) in [7, 11) is 0. The smallest absolute Gasteiger partial charge is 0.408 e. The number of amides is 3. The molecule has 0 radical (unpaired) electrons. The number of nitrogens with zero attached hydrogens (tertiary/aromatic N) is 3. The zero-order chi connectivity index (χ0) is 27.0. The van der Waals surface area contributed by atoms with Crippen molar-refractivity contribution >= 4 is 41.3 Å². The molecule has 2 aromatic carbocycles. The molecule has 0 bridgehead atoms. The van der Waals surface area contributed by atoms with Gasteiger partial charge in [0.2, 0.25) is 6.08 Å². The van der Waals surface area contributed by atoms with Crippen LogP contribution in [-0.2, 0) is 17.9 Å². The molecule has 38 heavy (non-hydrogen) atoms. The van der Waals surface area contributed by atoms with Gasteiger partial charge in [0.15, 0.2) is 5.06 Å². The summed E-state index contributed by atoms with van der Waals surface area (Å²) >= 11 is 0.951. The zero-order valence-electron chi connectivity index (χ0n) is 19.6. The van der Waals surface area contributed by atoms with E-state index in [-0.39, 0.29) is 40.5 Å². The van der Waals surface area contributed by atoms with Crippen LogP contribution in [0.2, 0.25) is 0 Å². The number of carbonyl (C=O) groups is 4. The molecule has 0 saturated heterocycles. The van der Waals surface area contributed by atoms with Gasteiger partial charge in [0.05, 0.1) is 30.3 Å². The first-order chi connectivity index (χ1) is 18.3. The first-order valence-electron chi connectivity index (χ1n) is 11.4. The molecule has 0 spiro atoms. The van der Waals surface area contributed by atoms with Crippen molar-refractivity contribution in [2.75, 3.05) is 6.54 Å². The second-order valence-corrected chi connectivity index (χ2v) is 9.66. The van der Waals surface area contributed by atoms with Gasteiger partial charge in [-0.2, -0.15) is 4.99 Å². The maximum Gasteiger partial charge on any atom is 0.408 e. The van der Waals surface area contributed by atoms with Crippen LogP contribution in [0, 0.1) is 0 Å². The predicted octanol–water partition coefficient (Wildman–Crippen LogP) is 3.56. The minimum Gasteiger partial charge on any atom is -0.478 e. The number of fused-ring (bicyclic) bond motifs is 2. The molecule has 0 aliphatic carbocycles. The molecular weight excluding hydrogens is 514 g/mol. The predicted molar refractivity (Wildman–Crippen MR) is 132 cm³/mol. The second kappa shape index (κ2) is 9.92. The Morgan fingerprint density at radius 3 is 2.24 bits per heavy atom. The van der Waals surface area contributed by atoms with E-state index in [9.17, 15) is 34.2 Å². The van der Waals surface area contributed by atoms with Crippen LogP contribution in [0.25, 0.3) is 0 Å². The number of hydrogen-bond donors (Lipinski definition) is 2. The van der Waals surface area contributed by atoms with Gasteiger partial charge < -0.3 is 14.9 Å². The highest BCUT2D eigenvalue weighted by atomic mass is 32.1. The lowest BCUT2D eigenvalue weighted by Crippen LogP contribution is -2.52. The molecule has 5 rings (SSSR count). The van der Waals surface area contributed by atoms with E-state index < -0.39 is 42.5 Å². The molecule has 0 saturated carbocycles. The Kier molecular flexibility index (Phi) is 6.50. The van der Waals surface area contributed by atoms with Crippen molar-refractivity contribution in [3.05, 3.63) is 87.3 Å². The van der Waals surface area contributed by atoms with Crippen LogP contribution in [0.5, 0.6) is 5.06 Å². The third-order valence-electron chi connectivity index (χ3n) is 6.48. The number of thiophene rings is 1. The molecule has 3 amide bonds. The van der Waals surface area contributed by atoms with Gasteiger partial charge in [-0.05, 0) is 17.7 Å². The van der Waals surface area contributed by atoms with Crippen molar-refractivity contribution in [3.63, 3.8) is 0 Å². The Morgan fingerprint density at radius 2 is 1.66 bits per heavy atom. The molecule has 2 N–H and O–H groups in total. The monoisotopic (exact) mass is 533 g/mol. The molecule has 11 nitrogen and oxygen atoms in total. The molecule has 12 heteroatoms. The second-order valence-electron chi connectivity index (χ2n) is 8.59. The van der Waals surface area contributed by atoms with E-state index in [4.69, 9.17) is 4.74 Å². The van der Waals surface area contributed by atoms with E-state index >= 15 is 0 Å². The van der Waals surface area contributed by atoms with Gasteiger partial charge in [-0.15, -0.1) is 11.3 Å². The Balaban J connectivity index is 1.55. The Morgan fingerprint density at radius 1 is 1.03 bits per heavy atom. The number of carboxylic acid groups (broad SMARTS) is 2. The van der Waals surface area contributed by atoms with Crippen molar-refractivity contribution in [3.8, 4) is 5.06 Å². The molecule has 192 valence electrons. The van der Waals surface area contributed by atoms with Crippen molar-refractivity contribution in [2.45, 2.75) is 25.2 Å². The maximum absolute atomic E-state index is 13.0. The highest BCUT2D eigenvalue weighted by molar-refractivity contribution is 7.14. The van der Waals surface area contributed by atoms with Gasteiger partial charge in [0.25, 0.3) is 11.8 Å². The summed E-state index contributed by atoms with van der Waals surface area (Å²) in [6.07, 6.45) is 0.0149. The zero-order valence-corrected chi connectivity index (χ0v) is 20.4. The van der Waals surface area contributed by atoms with E-state index in [1.165, 1.54) is 18.2 Å². The van der Waals surface area contributed by atoms with E-state index in [0.717, 1.165) is 26.7 Å². The van der Waals surface area contributed by atoms with Gasteiger partial charge in [0, 0.05) is 10.4 Å². The summed E-state index contributed by atoms with van der Waals surface area (Å²) in [6, 6.07) is 12.6. The normalized spacial score (nSPS) is 18.0. The van der Waals surface area contributed by atoms with Gasteiger partial charge in [-0.3, -0.25) is 19.4 Å². The van der Waals surface area contributed by atoms with Gasteiger partial charge in [0.1, 0.15) is 18.2 Å². The number of ether oxygens (including phenoxy) is 1. The number of benzene rings is 2. The minimum absolute atomic E-state index is 0.0316. The topological polar surface area (TPSA) is 154 Å². The highest BCUT2D eigenvalue weighted by Gasteiger charge is 2.47.